The first kappa shape index (κ1) is 23.9. The summed E-state index contributed by atoms with van der Waals surface area (Å²) in [5, 5.41) is 4.78. The SMILES string of the molecule is CCC(C)S(=O)(=O)NC(C)C(Oc1ccc2c(cnn2-c2ccc(F)cc2)c1)c1ccccc1. The van der Waals surface area contributed by atoms with E-state index in [9.17, 15) is 12.8 Å². The molecule has 0 saturated carbocycles. The van der Waals surface area contributed by atoms with Gasteiger partial charge in [-0.3, -0.25) is 0 Å². The number of nitrogens with one attached hydrogen (secondary N) is 1. The van der Waals surface area contributed by atoms with E-state index in [0.29, 0.717) is 12.2 Å². The standard InChI is InChI=1S/C26H28FN3O3S/c1-4-18(2)34(31,32)29-19(3)26(20-8-6-5-7-9-20)33-24-14-15-25-21(16-24)17-28-30(25)23-12-10-22(27)11-13-23/h5-19,26,29H,4H2,1-3H3. The molecular weight excluding hydrogens is 453 g/mol. The maximum atomic E-state index is 13.3. The molecule has 6 nitrogen and oxygen atoms in total. The van der Waals surface area contributed by atoms with E-state index in [1.807, 2.05) is 62.4 Å². The first-order valence-corrected chi connectivity index (χ1v) is 12.8. The molecule has 0 aliphatic heterocycles. The average Bonchev–Trinajstić information content (AvgIpc) is 3.26. The topological polar surface area (TPSA) is 73.2 Å². The van der Waals surface area contributed by atoms with E-state index < -0.39 is 27.4 Å². The average molecular weight is 482 g/mol. The molecule has 3 aromatic carbocycles. The normalized spacial score (nSPS) is 14.6. The maximum Gasteiger partial charge on any atom is 0.214 e. The number of fused-ring (bicyclic) bond motifs is 1. The monoisotopic (exact) mass is 481 g/mol. The molecule has 0 spiro atoms. The van der Waals surface area contributed by atoms with Crippen LogP contribution in [-0.4, -0.2) is 29.5 Å². The molecule has 4 aromatic rings. The van der Waals surface area contributed by atoms with Gasteiger partial charge in [0.05, 0.1) is 28.7 Å². The fourth-order valence-electron chi connectivity index (χ4n) is 3.78. The summed E-state index contributed by atoms with van der Waals surface area (Å²) in [7, 11) is -3.49. The summed E-state index contributed by atoms with van der Waals surface area (Å²) in [6, 6.07) is 20.8. The van der Waals surface area contributed by atoms with Gasteiger partial charge < -0.3 is 4.74 Å². The van der Waals surface area contributed by atoms with E-state index in [0.717, 1.165) is 22.2 Å². The molecule has 3 atom stereocenters. The van der Waals surface area contributed by atoms with Crippen LogP contribution < -0.4 is 9.46 Å². The van der Waals surface area contributed by atoms with E-state index in [2.05, 4.69) is 9.82 Å². The maximum absolute atomic E-state index is 13.3. The summed E-state index contributed by atoms with van der Waals surface area (Å²) in [5.74, 6) is 0.288. The molecule has 8 heteroatoms. The van der Waals surface area contributed by atoms with Gasteiger partial charge in [0.25, 0.3) is 0 Å². The first-order chi connectivity index (χ1) is 16.3. The van der Waals surface area contributed by atoms with E-state index in [1.54, 1.807) is 29.9 Å². The zero-order valence-electron chi connectivity index (χ0n) is 19.4. The van der Waals surface area contributed by atoms with Gasteiger partial charge in [0.1, 0.15) is 17.7 Å². The van der Waals surface area contributed by atoms with Crippen LogP contribution in [0.4, 0.5) is 4.39 Å². The van der Waals surface area contributed by atoms with Gasteiger partial charge in [0, 0.05) is 5.39 Å². The molecule has 3 unspecified atom stereocenters. The second kappa shape index (κ2) is 9.95. The van der Waals surface area contributed by atoms with Crippen molar-refractivity contribution in [3.8, 4) is 11.4 Å². The molecule has 0 aliphatic carbocycles. The Morgan fingerprint density at radius 3 is 2.41 bits per heavy atom. The molecule has 0 saturated heterocycles. The van der Waals surface area contributed by atoms with Crippen molar-refractivity contribution >= 4 is 20.9 Å². The number of hydrogen-bond donors (Lipinski definition) is 1. The highest BCUT2D eigenvalue weighted by Gasteiger charge is 2.28. The van der Waals surface area contributed by atoms with Crippen LogP contribution in [0.25, 0.3) is 16.6 Å². The molecule has 1 N–H and O–H groups in total. The highest BCUT2D eigenvalue weighted by Crippen LogP contribution is 2.29. The minimum atomic E-state index is -3.49. The van der Waals surface area contributed by atoms with Crippen LogP contribution in [0.15, 0.2) is 79.0 Å². The fraction of sp³-hybridized carbons (Fsp3) is 0.269. The summed E-state index contributed by atoms with van der Waals surface area (Å²) in [6.07, 6.45) is 1.70. The third-order valence-corrected chi connectivity index (χ3v) is 8.00. The van der Waals surface area contributed by atoms with Gasteiger partial charge in [0.2, 0.25) is 10.0 Å². The van der Waals surface area contributed by atoms with Crippen molar-refractivity contribution in [3.63, 3.8) is 0 Å². The number of aromatic nitrogens is 2. The Morgan fingerprint density at radius 1 is 1.03 bits per heavy atom. The molecule has 1 aromatic heterocycles. The summed E-state index contributed by atoms with van der Waals surface area (Å²) >= 11 is 0. The van der Waals surface area contributed by atoms with E-state index in [1.165, 1.54) is 12.1 Å². The van der Waals surface area contributed by atoms with Crippen molar-refractivity contribution in [2.24, 2.45) is 0 Å². The number of benzene rings is 3. The molecule has 0 aliphatic rings. The van der Waals surface area contributed by atoms with E-state index in [4.69, 9.17) is 4.74 Å². The Balaban J connectivity index is 1.63. The highest BCUT2D eigenvalue weighted by atomic mass is 32.2. The second-order valence-corrected chi connectivity index (χ2v) is 10.5. The molecule has 0 bridgehead atoms. The summed E-state index contributed by atoms with van der Waals surface area (Å²) in [6.45, 7) is 5.35. The Bertz CT molecular complexity index is 1360. The molecule has 0 fully saturated rings. The van der Waals surface area contributed by atoms with Gasteiger partial charge >= 0.3 is 0 Å². The molecular formula is C26H28FN3O3S. The number of nitrogens with zero attached hydrogens (tertiary/aromatic N) is 2. The van der Waals surface area contributed by atoms with Gasteiger partial charge in [-0.1, -0.05) is 37.3 Å². The van der Waals surface area contributed by atoms with Crippen molar-refractivity contribution in [3.05, 3.63) is 90.4 Å². The minimum absolute atomic E-state index is 0.305. The van der Waals surface area contributed by atoms with Gasteiger partial charge in [-0.05, 0) is 68.3 Å². The van der Waals surface area contributed by atoms with Crippen LogP contribution in [0.5, 0.6) is 5.75 Å². The van der Waals surface area contributed by atoms with E-state index >= 15 is 0 Å². The van der Waals surface area contributed by atoms with E-state index in [-0.39, 0.29) is 5.82 Å². The minimum Gasteiger partial charge on any atom is -0.484 e. The second-order valence-electron chi connectivity index (χ2n) is 8.37. The first-order valence-electron chi connectivity index (χ1n) is 11.2. The zero-order valence-corrected chi connectivity index (χ0v) is 20.2. The molecule has 34 heavy (non-hydrogen) atoms. The summed E-state index contributed by atoms with van der Waals surface area (Å²) in [4.78, 5) is 0. The number of sulfonamides is 1. The number of hydrogen-bond acceptors (Lipinski definition) is 4. The Hall–Kier alpha value is -3.23. The Labute approximate surface area is 199 Å². The smallest absolute Gasteiger partial charge is 0.214 e. The van der Waals surface area contributed by atoms with Gasteiger partial charge in [-0.15, -0.1) is 0 Å². The number of halogens is 1. The lowest BCUT2D eigenvalue weighted by molar-refractivity contribution is 0.173. The van der Waals surface area contributed by atoms with Crippen LogP contribution in [0.2, 0.25) is 0 Å². The lowest BCUT2D eigenvalue weighted by atomic mass is 10.0. The largest absolute Gasteiger partial charge is 0.484 e. The predicted octanol–water partition coefficient (Wildman–Crippen LogP) is 5.39. The van der Waals surface area contributed by atoms with Gasteiger partial charge in [-0.25, -0.2) is 22.2 Å². The third kappa shape index (κ3) is 5.13. The predicted molar refractivity (Wildman–Crippen MR) is 132 cm³/mol. The fourth-order valence-corrected chi connectivity index (χ4v) is 5.09. The molecule has 4 rings (SSSR count). The van der Waals surface area contributed by atoms with Crippen LogP contribution in [-0.2, 0) is 10.0 Å². The van der Waals surface area contributed by atoms with Crippen molar-refractivity contribution < 1.29 is 17.5 Å². The van der Waals surface area contributed by atoms with Crippen LogP contribution in [0.3, 0.4) is 0 Å². The van der Waals surface area contributed by atoms with Crippen molar-refractivity contribution in [1.29, 1.82) is 0 Å². The number of rotatable bonds is 9. The molecule has 0 amide bonds. The zero-order chi connectivity index (χ0) is 24.3. The van der Waals surface area contributed by atoms with Gasteiger partial charge in [0.15, 0.2) is 0 Å². The molecule has 178 valence electrons. The summed E-state index contributed by atoms with van der Waals surface area (Å²) in [5.41, 5.74) is 2.46. The van der Waals surface area contributed by atoms with Crippen molar-refractivity contribution in [1.82, 2.24) is 14.5 Å². The quantitative estimate of drug-likeness (QED) is 0.348. The molecule has 0 radical (unpaired) electrons. The lowest BCUT2D eigenvalue weighted by Gasteiger charge is -2.27. The van der Waals surface area contributed by atoms with Crippen molar-refractivity contribution in [2.75, 3.05) is 0 Å². The Morgan fingerprint density at radius 2 is 1.74 bits per heavy atom. The number of ether oxygens (including phenoxy) is 1. The van der Waals surface area contributed by atoms with Crippen LogP contribution >= 0.6 is 0 Å². The summed E-state index contributed by atoms with van der Waals surface area (Å²) < 4.78 is 49.6. The van der Waals surface area contributed by atoms with Crippen molar-refractivity contribution in [2.45, 2.75) is 44.6 Å². The third-order valence-electron chi connectivity index (χ3n) is 5.91. The van der Waals surface area contributed by atoms with Gasteiger partial charge in [-0.2, -0.15) is 5.10 Å². The lowest BCUT2D eigenvalue weighted by Crippen LogP contribution is -2.42. The highest BCUT2D eigenvalue weighted by molar-refractivity contribution is 7.90. The van der Waals surface area contributed by atoms with Crippen LogP contribution in [0.1, 0.15) is 38.9 Å². The Kier molecular flexibility index (Phi) is 7.00. The van der Waals surface area contributed by atoms with Crippen LogP contribution in [0, 0.1) is 5.82 Å². The molecule has 1 heterocycles.